The Labute approximate surface area is 71.4 Å². The second-order valence-electron chi connectivity index (χ2n) is 4.06. The van der Waals surface area contributed by atoms with Crippen LogP contribution in [0.1, 0.15) is 53.4 Å². The van der Waals surface area contributed by atoms with Gasteiger partial charge in [-0.25, -0.2) is 0 Å². The smallest absolute Gasteiger partial charge is 0.0154 e. The standard InChI is InChI=1S/C10H23N/c1-5-7-10(11,6-2)8-9(3)4/h9H,5-8,11H2,1-4H3. The van der Waals surface area contributed by atoms with Gasteiger partial charge in [-0.05, 0) is 25.2 Å². The van der Waals surface area contributed by atoms with Gasteiger partial charge in [0.25, 0.3) is 0 Å². The minimum Gasteiger partial charge on any atom is -0.325 e. The first-order valence-corrected chi connectivity index (χ1v) is 4.83. The molecule has 0 saturated heterocycles. The van der Waals surface area contributed by atoms with Crippen LogP contribution in [-0.4, -0.2) is 5.54 Å². The Hall–Kier alpha value is -0.0400. The van der Waals surface area contributed by atoms with E-state index in [0.717, 1.165) is 18.8 Å². The Morgan fingerprint density at radius 3 is 2.09 bits per heavy atom. The topological polar surface area (TPSA) is 26.0 Å². The summed E-state index contributed by atoms with van der Waals surface area (Å²) in [5.74, 6) is 0.728. The summed E-state index contributed by atoms with van der Waals surface area (Å²) in [7, 11) is 0. The molecule has 11 heavy (non-hydrogen) atoms. The Kier molecular flexibility index (Phi) is 4.74. The molecule has 0 rings (SSSR count). The highest BCUT2D eigenvalue weighted by Crippen LogP contribution is 2.22. The molecule has 0 aliphatic carbocycles. The number of nitrogens with two attached hydrogens (primary N) is 1. The molecule has 0 heterocycles. The van der Waals surface area contributed by atoms with Crippen LogP contribution in [0.15, 0.2) is 0 Å². The molecule has 1 atom stereocenters. The van der Waals surface area contributed by atoms with E-state index >= 15 is 0 Å². The zero-order valence-corrected chi connectivity index (χ0v) is 8.48. The van der Waals surface area contributed by atoms with Gasteiger partial charge in [0.2, 0.25) is 0 Å². The molecule has 0 amide bonds. The van der Waals surface area contributed by atoms with Crippen molar-refractivity contribution in [2.24, 2.45) is 11.7 Å². The average Bonchev–Trinajstić information content (AvgIpc) is 1.87. The Balaban J connectivity index is 3.87. The largest absolute Gasteiger partial charge is 0.325 e. The quantitative estimate of drug-likeness (QED) is 0.652. The van der Waals surface area contributed by atoms with Crippen LogP contribution in [0.5, 0.6) is 0 Å². The summed E-state index contributed by atoms with van der Waals surface area (Å²) in [6.07, 6.45) is 4.65. The average molecular weight is 157 g/mol. The molecule has 0 spiro atoms. The molecule has 1 unspecified atom stereocenters. The minimum atomic E-state index is 0.114. The van der Waals surface area contributed by atoms with Gasteiger partial charge in [-0.1, -0.05) is 34.1 Å². The molecule has 0 aliphatic heterocycles. The van der Waals surface area contributed by atoms with Crippen LogP contribution in [0.25, 0.3) is 0 Å². The monoisotopic (exact) mass is 157 g/mol. The first-order chi connectivity index (χ1) is 5.04. The maximum Gasteiger partial charge on any atom is 0.0154 e. The molecular weight excluding hydrogens is 134 g/mol. The normalized spacial score (nSPS) is 16.9. The van der Waals surface area contributed by atoms with E-state index in [-0.39, 0.29) is 5.54 Å². The van der Waals surface area contributed by atoms with E-state index in [4.69, 9.17) is 5.73 Å². The molecule has 0 saturated carbocycles. The zero-order valence-electron chi connectivity index (χ0n) is 8.48. The molecule has 1 heteroatoms. The van der Waals surface area contributed by atoms with Crippen molar-refractivity contribution in [2.75, 3.05) is 0 Å². The zero-order chi connectivity index (χ0) is 8.91. The first-order valence-electron chi connectivity index (χ1n) is 4.83. The molecule has 0 aromatic carbocycles. The third-order valence-corrected chi connectivity index (χ3v) is 2.27. The van der Waals surface area contributed by atoms with Crippen molar-refractivity contribution < 1.29 is 0 Å². The van der Waals surface area contributed by atoms with E-state index in [2.05, 4.69) is 27.7 Å². The summed E-state index contributed by atoms with van der Waals surface area (Å²) >= 11 is 0. The molecule has 0 aromatic rings. The second kappa shape index (κ2) is 4.76. The summed E-state index contributed by atoms with van der Waals surface area (Å²) in [4.78, 5) is 0. The van der Waals surface area contributed by atoms with Gasteiger partial charge in [-0.15, -0.1) is 0 Å². The molecular formula is C10H23N. The van der Waals surface area contributed by atoms with Gasteiger partial charge in [-0.2, -0.15) is 0 Å². The number of hydrogen-bond acceptors (Lipinski definition) is 1. The highest BCUT2D eigenvalue weighted by molar-refractivity contribution is 4.82. The fourth-order valence-corrected chi connectivity index (χ4v) is 1.73. The lowest BCUT2D eigenvalue weighted by atomic mass is 9.84. The number of hydrogen-bond donors (Lipinski definition) is 1. The molecule has 2 N–H and O–H groups in total. The third-order valence-electron chi connectivity index (χ3n) is 2.27. The highest BCUT2D eigenvalue weighted by atomic mass is 14.7. The van der Waals surface area contributed by atoms with E-state index in [1.165, 1.54) is 12.8 Å². The fraction of sp³-hybridized carbons (Fsp3) is 1.00. The molecule has 1 nitrogen and oxygen atoms in total. The van der Waals surface area contributed by atoms with Crippen LogP contribution in [0.3, 0.4) is 0 Å². The van der Waals surface area contributed by atoms with Crippen molar-refractivity contribution in [3.63, 3.8) is 0 Å². The van der Waals surface area contributed by atoms with E-state index in [9.17, 15) is 0 Å². The van der Waals surface area contributed by atoms with Gasteiger partial charge in [-0.3, -0.25) is 0 Å². The molecule has 68 valence electrons. The van der Waals surface area contributed by atoms with Gasteiger partial charge in [0.05, 0.1) is 0 Å². The highest BCUT2D eigenvalue weighted by Gasteiger charge is 2.22. The predicted molar refractivity (Wildman–Crippen MR) is 51.6 cm³/mol. The van der Waals surface area contributed by atoms with Crippen LogP contribution in [0.2, 0.25) is 0 Å². The molecule has 0 radical (unpaired) electrons. The van der Waals surface area contributed by atoms with Crippen molar-refractivity contribution in [1.29, 1.82) is 0 Å². The third kappa shape index (κ3) is 4.41. The summed E-state index contributed by atoms with van der Waals surface area (Å²) in [6.45, 7) is 8.88. The summed E-state index contributed by atoms with van der Waals surface area (Å²) in [5.41, 5.74) is 6.32. The van der Waals surface area contributed by atoms with Crippen LogP contribution in [0, 0.1) is 5.92 Å². The Bertz CT molecular complexity index is 99.0. The summed E-state index contributed by atoms with van der Waals surface area (Å²) in [6, 6.07) is 0. The van der Waals surface area contributed by atoms with Crippen LogP contribution in [0.4, 0.5) is 0 Å². The SMILES string of the molecule is CCCC(N)(CC)CC(C)C. The Morgan fingerprint density at radius 1 is 1.27 bits per heavy atom. The molecule has 0 aromatic heterocycles. The van der Waals surface area contributed by atoms with Gasteiger partial charge in [0.1, 0.15) is 0 Å². The minimum absolute atomic E-state index is 0.114. The maximum absolute atomic E-state index is 6.21. The van der Waals surface area contributed by atoms with Crippen molar-refractivity contribution in [3.8, 4) is 0 Å². The lowest BCUT2D eigenvalue weighted by molar-refractivity contribution is 0.306. The molecule has 0 aliphatic rings. The van der Waals surface area contributed by atoms with E-state index in [0.29, 0.717) is 0 Å². The Morgan fingerprint density at radius 2 is 1.82 bits per heavy atom. The van der Waals surface area contributed by atoms with Gasteiger partial charge < -0.3 is 5.73 Å². The van der Waals surface area contributed by atoms with Crippen molar-refractivity contribution >= 4 is 0 Å². The maximum atomic E-state index is 6.21. The lowest BCUT2D eigenvalue weighted by Crippen LogP contribution is -2.40. The van der Waals surface area contributed by atoms with Crippen molar-refractivity contribution in [1.82, 2.24) is 0 Å². The van der Waals surface area contributed by atoms with Crippen LogP contribution in [-0.2, 0) is 0 Å². The van der Waals surface area contributed by atoms with Crippen LogP contribution < -0.4 is 5.73 Å². The fourth-order valence-electron chi connectivity index (χ4n) is 1.73. The molecule has 0 fully saturated rings. The van der Waals surface area contributed by atoms with Crippen molar-refractivity contribution in [3.05, 3.63) is 0 Å². The van der Waals surface area contributed by atoms with Gasteiger partial charge >= 0.3 is 0 Å². The van der Waals surface area contributed by atoms with E-state index in [1.807, 2.05) is 0 Å². The second-order valence-corrected chi connectivity index (χ2v) is 4.06. The summed E-state index contributed by atoms with van der Waals surface area (Å²) < 4.78 is 0. The number of rotatable bonds is 5. The summed E-state index contributed by atoms with van der Waals surface area (Å²) in [5, 5.41) is 0. The van der Waals surface area contributed by atoms with Crippen molar-refractivity contribution in [2.45, 2.75) is 58.9 Å². The van der Waals surface area contributed by atoms with Gasteiger partial charge in [0, 0.05) is 5.54 Å². The lowest BCUT2D eigenvalue weighted by Gasteiger charge is -2.29. The molecule has 0 bridgehead atoms. The van der Waals surface area contributed by atoms with E-state index in [1.54, 1.807) is 0 Å². The van der Waals surface area contributed by atoms with E-state index < -0.39 is 0 Å². The van der Waals surface area contributed by atoms with Gasteiger partial charge in [0.15, 0.2) is 0 Å². The van der Waals surface area contributed by atoms with Crippen LogP contribution >= 0.6 is 0 Å². The first kappa shape index (κ1) is 11.0. The predicted octanol–water partition coefficient (Wildman–Crippen LogP) is 2.94.